The van der Waals surface area contributed by atoms with Gasteiger partial charge in [-0.15, -0.1) is 10.1 Å². The van der Waals surface area contributed by atoms with E-state index in [-0.39, 0.29) is 0 Å². The van der Waals surface area contributed by atoms with Gasteiger partial charge < -0.3 is 19.6 Å². The first-order valence-electron chi connectivity index (χ1n) is 2.43. The van der Waals surface area contributed by atoms with E-state index in [1.807, 2.05) is 4.86 Å². The van der Waals surface area contributed by atoms with Gasteiger partial charge in [0.15, 0.2) is 0 Å². The first-order chi connectivity index (χ1) is 4.65. The first-order valence-corrected chi connectivity index (χ1v) is 9.48. The number of hydrogen-bond donors (Lipinski definition) is 5. The van der Waals surface area contributed by atoms with E-state index in [4.69, 9.17) is 19.6 Å². The Bertz CT molecular complexity index is 236. The molecule has 0 aromatic carbocycles. The Morgan fingerprint density at radius 2 is 1.55 bits per heavy atom. The Morgan fingerprint density at radius 1 is 1.18 bits per heavy atom. The fraction of sp³-hybridized carbons (Fsp3) is 1.00. The molecule has 11 heavy (non-hydrogen) atoms. The van der Waals surface area contributed by atoms with Crippen LogP contribution in [-0.2, 0) is 21.9 Å². The molecular weight excluding hydrogens is 228 g/mol. The van der Waals surface area contributed by atoms with Crippen LogP contribution >= 0.6 is 13.3 Å². The molecule has 0 aromatic heterocycles. The molecule has 5 N–H and O–H groups in total. The Labute approximate surface area is 72.5 Å². The lowest BCUT2D eigenvalue weighted by Gasteiger charge is -2.18. The predicted molar refractivity (Wildman–Crippen MR) is 52.4 cm³/mol. The quantitative estimate of drug-likeness (QED) is 0.410. The molecule has 0 heterocycles. The van der Waals surface area contributed by atoms with Gasteiger partial charge in [0, 0.05) is 0 Å². The van der Waals surface area contributed by atoms with E-state index in [9.17, 15) is 0 Å². The molecule has 0 radical (unpaired) electrons. The highest BCUT2D eigenvalue weighted by Crippen LogP contribution is 2.47. The summed E-state index contributed by atoms with van der Waals surface area (Å²) >= 11 is 4.18. The molecule has 0 bridgehead atoms. The third-order valence-corrected chi connectivity index (χ3v) is 8.40. The van der Waals surface area contributed by atoms with Gasteiger partial charge in [-0.2, -0.15) is 4.86 Å². The van der Waals surface area contributed by atoms with Gasteiger partial charge in [-0.25, -0.2) is 0 Å². The fourth-order valence-corrected chi connectivity index (χ4v) is 6.25. The van der Waals surface area contributed by atoms with Crippen LogP contribution in [0.1, 0.15) is 0 Å². The molecular formula is C2H11NO4P2S2. The summed E-state index contributed by atoms with van der Waals surface area (Å²) in [5.74, 6) is 0. The predicted octanol–water partition coefficient (Wildman–Crippen LogP) is -0.675. The van der Waals surface area contributed by atoms with Crippen LogP contribution in [0.3, 0.4) is 0 Å². The van der Waals surface area contributed by atoms with Gasteiger partial charge in [0.05, 0.1) is 0 Å². The van der Waals surface area contributed by atoms with Crippen molar-refractivity contribution in [1.29, 1.82) is 0 Å². The molecule has 0 fully saturated rings. The maximum Gasteiger partial charge on any atom is 0.263 e. The summed E-state index contributed by atoms with van der Waals surface area (Å²) in [7, 11) is -0.720. The minimum atomic E-state index is -3.70. The molecule has 0 saturated heterocycles. The van der Waals surface area contributed by atoms with Crippen LogP contribution in [-0.4, -0.2) is 32.1 Å². The summed E-state index contributed by atoms with van der Waals surface area (Å²) in [5.41, 5.74) is 0. The maximum atomic E-state index is 9.14. The van der Waals surface area contributed by atoms with Gasteiger partial charge in [-0.1, -0.05) is 0 Å². The van der Waals surface area contributed by atoms with Crippen LogP contribution in [0.2, 0.25) is 0 Å². The van der Waals surface area contributed by atoms with Crippen LogP contribution in [0.4, 0.5) is 0 Å². The average molecular weight is 239 g/mol. The monoisotopic (exact) mass is 239 g/mol. The summed E-state index contributed by atoms with van der Waals surface area (Å²) in [6.07, 6.45) is 3.15. The Kier molecular flexibility index (Phi) is 4.40. The van der Waals surface area contributed by atoms with Crippen molar-refractivity contribution in [2.24, 2.45) is 0 Å². The van der Waals surface area contributed by atoms with Crippen molar-refractivity contribution in [1.82, 2.24) is 4.86 Å². The lowest BCUT2D eigenvalue weighted by atomic mass is 11.9. The third kappa shape index (κ3) is 5.47. The van der Waals surface area contributed by atoms with Crippen LogP contribution in [0.15, 0.2) is 0 Å². The topological polar surface area (TPSA) is 93.0 Å². The maximum absolute atomic E-state index is 9.14. The summed E-state index contributed by atoms with van der Waals surface area (Å²) in [6.45, 7) is -7.11. The highest BCUT2D eigenvalue weighted by molar-refractivity contribution is 8.30. The van der Waals surface area contributed by atoms with Crippen LogP contribution in [0, 0.1) is 0 Å². The van der Waals surface area contributed by atoms with E-state index in [1.165, 1.54) is 0 Å². The number of nitrogens with one attached hydrogen (secondary N) is 1. The van der Waals surface area contributed by atoms with E-state index in [0.29, 0.717) is 0 Å². The van der Waals surface area contributed by atoms with Gasteiger partial charge in [0.2, 0.25) is 6.64 Å². The molecule has 5 nitrogen and oxygen atoms in total. The van der Waals surface area contributed by atoms with Gasteiger partial charge in [0.25, 0.3) is 6.64 Å². The average Bonchev–Trinajstić information content (AvgIpc) is 1.56. The van der Waals surface area contributed by atoms with Crippen molar-refractivity contribution in [2.45, 2.75) is 0 Å². The van der Waals surface area contributed by atoms with Crippen molar-refractivity contribution < 1.29 is 19.6 Å². The van der Waals surface area contributed by atoms with E-state index < -0.39 is 23.4 Å². The molecule has 0 spiro atoms. The SMILES string of the molecule is CS(C)=P(O)(O)NP(O)(O)=S. The molecule has 0 aliphatic rings. The number of rotatable bonds is 2. The normalized spacial score (nSPS) is 14.1. The van der Waals surface area contributed by atoms with Gasteiger partial charge in [-0.3, -0.25) is 0 Å². The van der Waals surface area contributed by atoms with Gasteiger partial charge in [-0.05, 0) is 24.3 Å². The highest BCUT2D eigenvalue weighted by atomic mass is 32.5. The molecule has 0 unspecified atom stereocenters. The van der Waals surface area contributed by atoms with E-state index in [2.05, 4.69) is 11.8 Å². The Morgan fingerprint density at radius 3 is 1.64 bits per heavy atom. The van der Waals surface area contributed by atoms with E-state index in [0.717, 1.165) is 0 Å². The smallest absolute Gasteiger partial charge is 0.263 e. The van der Waals surface area contributed by atoms with Crippen molar-refractivity contribution in [3.63, 3.8) is 0 Å². The zero-order chi connectivity index (χ0) is 9.28. The summed E-state index contributed by atoms with van der Waals surface area (Å²) < 4.78 is 0. The van der Waals surface area contributed by atoms with Crippen molar-refractivity contribution in [3.05, 3.63) is 0 Å². The molecule has 9 heteroatoms. The van der Waals surface area contributed by atoms with Crippen molar-refractivity contribution in [3.8, 4) is 0 Å². The standard InChI is InChI=1S/C2H11NO4P2S2/c1-11(2)9(6,7)3-8(4,5)10/h6-7H,1-2H3,(H3,3,4,5,10). The lowest BCUT2D eigenvalue weighted by Crippen LogP contribution is -2.08. The molecule has 0 atom stereocenters. The Hall–Kier alpha value is 1.23. The summed E-state index contributed by atoms with van der Waals surface area (Å²) in [4.78, 5) is 37.5. The van der Waals surface area contributed by atoms with Crippen LogP contribution < -0.4 is 4.86 Å². The molecule has 0 amide bonds. The second-order valence-electron chi connectivity index (χ2n) is 1.96. The summed E-state index contributed by atoms with van der Waals surface area (Å²) in [6, 6.07) is 0. The second-order valence-corrected chi connectivity index (χ2v) is 11.7. The van der Waals surface area contributed by atoms with Gasteiger partial charge >= 0.3 is 0 Å². The largest absolute Gasteiger partial charge is 0.337 e. The number of hydrogen-bond acceptors (Lipinski definition) is 1. The molecule has 0 rings (SSSR count). The molecule has 0 aromatic rings. The van der Waals surface area contributed by atoms with Crippen LogP contribution in [0.5, 0.6) is 0 Å². The highest BCUT2D eigenvalue weighted by Gasteiger charge is 2.19. The fourth-order valence-electron chi connectivity index (χ4n) is 0.251. The molecule has 0 aliphatic carbocycles. The van der Waals surface area contributed by atoms with Crippen molar-refractivity contribution >= 4 is 35.2 Å². The zero-order valence-electron chi connectivity index (χ0n) is 6.00. The Balaban J connectivity index is 4.66. The minimum absolute atomic E-state index is 0.720. The van der Waals surface area contributed by atoms with E-state index in [1.54, 1.807) is 12.5 Å². The molecule has 0 saturated carbocycles. The minimum Gasteiger partial charge on any atom is -0.337 e. The third-order valence-electron chi connectivity index (χ3n) is 0.770. The first kappa shape index (κ1) is 12.2. The van der Waals surface area contributed by atoms with E-state index >= 15 is 0 Å². The lowest BCUT2D eigenvalue weighted by molar-refractivity contribution is 0.445. The van der Waals surface area contributed by atoms with Gasteiger partial charge in [0.1, 0.15) is 0 Å². The van der Waals surface area contributed by atoms with Crippen molar-refractivity contribution in [2.75, 3.05) is 12.5 Å². The van der Waals surface area contributed by atoms with Crippen LogP contribution in [0.25, 0.3) is 0 Å². The zero-order valence-corrected chi connectivity index (χ0v) is 9.42. The molecule has 0 aliphatic heterocycles. The molecule has 70 valence electrons. The second kappa shape index (κ2) is 3.96. The summed E-state index contributed by atoms with van der Waals surface area (Å²) in [5, 5.41) is 0.